The van der Waals surface area contributed by atoms with Gasteiger partial charge in [-0.15, -0.1) is 0 Å². The van der Waals surface area contributed by atoms with Crippen LogP contribution in [0.4, 0.5) is 0 Å². The largest absolute Gasteiger partial charge is 0.455 e. The van der Waals surface area contributed by atoms with E-state index < -0.39 is 78.6 Å². The lowest BCUT2D eigenvalue weighted by molar-refractivity contribution is 0.670. The van der Waals surface area contributed by atoms with Crippen molar-refractivity contribution < 1.29 is 23.6 Å². The van der Waals surface area contributed by atoms with Crippen LogP contribution >= 0.6 is 0 Å². The molecule has 9 aromatic rings. The molecule has 0 unspecified atom stereocenters. The summed E-state index contributed by atoms with van der Waals surface area (Å²) in [6.45, 7) is 0. The van der Waals surface area contributed by atoms with Crippen molar-refractivity contribution in [2.45, 2.75) is 0 Å². The molecule has 1 heteroatoms. The van der Waals surface area contributed by atoms with E-state index in [4.69, 9.17) is 18.1 Å². The van der Waals surface area contributed by atoms with E-state index in [1.165, 1.54) is 6.07 Å². The Labute approximate surface area is 268 Å². The Balaban J connectivity index is 1.59. The predicted octanol–water partition coefficient (Wildman–Crippen LogP) is 12.0. The number of furan rings is 1. The zero-order chi connectivity index (χ0) is 40.5. The molecule has 200 valence electrons. The second-order valence-corrected chi connectivity index (χ2v) is 10.1. The molecular weight excluding hydrogens is 520 g/mol. The van der Waals surface area contributed by atoms with Gasteiger partial charge in [-0.3, -0.25) is 0 Å². The van der Waals surface area contributed by atoms with Crippen molar-refractivity contribution in [3.63, 3.8) is 0 Å². The predicted molar refractivity (Wildman–Crippen MR) is 183 cm³/mol. The van der Waals surface area contributed by atoms with E-state index in [1.54, 1.807) is 66.7 Å². The minimum Gasteiger partial charge on any atom is -0.455 e. The van der Waals surface area contributed by atoms with Crippen LogP contribution in [-0.4, -0.2) is 0 Å². The van der Waals surface area contributed by atoms with E-state index in [1.807, 2.05) is 0 Å². The molecule has 0 aliphatic heterocycles. The zero-order valence-electron chi connectivity index (χ0n) is 36.3. The van der Waals surface area contributed by atoms with Crippen LogP contribution in [0.15, 0.2) is 162 Å². The highest BCUT2D eigenvalue weighted by Crippen LogP contribution is 2.49. The van der Waals surface area contributed by atoms with Gasteiger partial charge in [0, 0.05) is 16.3 Å². The molecular formula is C42H26O. The third-order valence-corrected chi connectivity index (χ3v) is 7.92. The zero-order valence-corrected chi connectivity index (χ0v) is 22.3. The molecule has 0 saturated heterocycles. The fraction of sp³-hybridized carbons (Fsp3) is 0. The fourth-order valence-electron chi connectivity index (χ4n) is 6.15. The summed E-state index contributed by atoms with van der Waals surface area (Å²) in [7, 11) is 0. The summed E-state index contributed by atoms with van der Waals surface area (Å²) in [6, 6.07) is 13.6. The van der Waals surface area contributed by atoms with Gasteiger partial charge < -0.3 is 4.42 Å². The topological polar surface area (TPSA) is 13.1 Å². The van der Waals surface area contributed by atoms with Crippen molar-refractivity contribution in [2.24, 2.45) is 0 Å². The first-order valence-electron chi connectivity index (χ1n) is 20.6. The molecule has 0 N–H and O–H groups in total. The van der Waals surface area contributed by atoms with Gasteiger partial charge in [0.2, 0.25) is 0 Å². The Morgan fingerprint density at radius 2 is 1.00 bits per heavy atom. The Kier molecular flexibility index (Phi) is 3.07. The second kappa shape index (κ2) is 9.44. The van der Waals surface area contributed by atoms with Gasteiger partial charge in [-0.2, -0.15) is 0 Å². The van der Waals surface area contributed by atoms with Crippen molar-refractivity contribution in [1.29, 1.82) is 0 Å². The van der Waals surface area contributed by atoms with E-state index in [0.717, 1.165) is 0 Å². The maximum atomic E-state index is 9.46. The van der Waals surface area contributed by atoms with Crippen molar-refractivity contribution in [1.82, 2.24) is 0 Å². The van der Waals surface area contributed by atoms with Crippen LogP contribution in [0.2, 0.25) is 0 Å². The number of fused-ring (bicyclic) bond motifs is 6. The normalized spacial score (nSPS) is 16.3. The molecule has 1 heterocycles. The van der Waals surface area contributed by atoms with Crippen LogP contribution in [-0.2, 0) is 0 Å². The molecule has 0 amide bonds. The van der Waals surface area contributed by atoms with Crippen molar-refractivity contribution in [3.05, 3.63) is 157 Å². The van der Waals surface area contributed by atoms with Crippen LogP contribution in [0.1, 0.15) is 19.2 Å². The van der Waals surface area contributed by atoms with Gasteiger partial charge >= 0.3 is 0 Å². The van der Waals surface area contributed by atoms with Crippen molar-refractivity contribution in [2.75, 3.05) is 0 Å². The number of para-hydroxylation sites is 1. The molecule has 0 radical (unpaired) electrons. The average Bonchev–Trinajstić information content (AvgIpc) is 3.61. The summed E-state index contributed by atoms with van der Waals surface area (Å²) in [5.41, 5.74) is 1.33. The number of hydrogen-bond donors (Lipinski definition) is 0. The summed E-state index contributed by atoms with van der Waals surface area (Å²) >= 11 is 0. The molecule has 0 fully saturated rings. The highest BCUT2D eigenvalue weighted by Gasteiger charge is 2.22. The number of rotatable bonds is 3. The second-order valence-electron chi connectivity index (χ2n) is 10.1. The minimum absolute atomic E-state index is 0.00735. The lowest BCUT2D eigenvalue weighted by atomic mass is 9.83. The molecule has 1 nitrogen and oxygen atoms in total. The molecule has 0 aliphatic rings. The maximum Gasteiger partial charge on any atom is 0.143 e. The van der Waals surface area contributed by atoms with E-state index >= 15 is 0 Å². The van der Waals surface area contributed by atoms with E-state index in [9.17, 15) is 5.48 Å². The molecule has 0 bridgehead atoms. The van der Waals surface area contributed by atoms with Gasteiger partial charge in [-0.05, 0) is 72.3 Å². The molecule has 8 aromatic carbocycles. The average molecular weight is 561 g/mol. The fourth-order valence-corrected chi connectivity index (χ4v) is 6.15. The lowest BCUT2D eigenvalue weighted by Crippen LogP contribution is -1.92. The van der Waals surface area contributed by atoms with Gasteiger partial charge in [0.25, 0.3) is 0 Å². The molecule has 43 heavy (non-hydrogen) atoms. The Bertz CT molecular complexity index is 3190. The molecule has 9 rings (SSSR count). The quantitative estimate of drug-likeness (QED) is 0.196. The number of benzene rings is 8. The standard InChI is InChI=1S/C42H26O/c1-2-13-28(14-3-1)30-25-26-37(41-36-22-10-11-24-38(36)43-42(30)41)40-34-20-8-6-18-32(34)39(33-19-7-9-21-35(33)40)31-23-12-16-27-15-4-5-17-29(27)31/h1-26H/i1D,2D,3D,6D,7D,8D,9D,13D,14D,16D,18D,19D,20D,21D. The first-order chi connectivity index (χ1) is 27.2. The highest BCUT2D eigenvalue weighted by molar-refractivity contribution is 6.27. The third-order valence-electron chi connectivity index (χ3n) is 7.92. The lowest BCUT2D eigenvalue weighted by Gasteiger charge is -2.19. The summed E-state index contributed by atoms with van der Waals surface area (Å²) in [4.78, 5) is 0. The first-order valence-corrected chi connectivity index (χ1v) is 13.6. The van der Waals surface area contributed by atoms with Gasteiger partial charge in [0.1, 0.15) is 11.2 Å². The Morgan fingerprint density at radius 3 is 1.72 bits per heavy atom. The summed E-state index contributed by atoms with van der Waals surface area (Å²) in [6.07, 6.45) is 0. The maximum absolute atomic E-state index is 9.46. The summed E-state index contributed by atoms with van der Waals surface area (Å²) in [5.74, 6) is 0. The van der Waals surface area contributed by atoms with Crippen LogP contribution in [0, 0.1) is 0 Å². The molecule has 0 saturated carbocycles. The summed E-state index contributed by atoms with van der Waals surface area (Å²) in [5, 5.41) is 1.81. The third kappa shape index (κ3) is 3.58. The molecule has 0 spiro atoms. The Hall–Kier alpha value is -5.66. The monoisotopic (exact) mass is 560 g/mol. The smallest absolute Gasteiger partial charge is 0.143 e. The van der Waals surface area contributed by atoms with Gasteiger partial charge in [0.05, 0.1) is 19.2 Å². The number of hydrogen-bond acceptors (Lipinski definition) is 1. The van der Waals surface area contributed by atoms with Crippen LogP contribution in [0.3, 0.4) is 0 Å². The van der Waals surface area contributed by atoms with Gasteiger partial charge in [-0.25, -0.2) is 0 Å². The summed E-state index contributed by atoms with van der Waals surface area (Å²) < 4.78 is 131. The SMILES string of the molecule is [2H]c1c([2H])c([2H])c(-c2ccc(-c3c4c([2H])c([2H])c([2H])c([2H])c4c(-c4ccc([2H])c5ccccc45)c4c([2H])c([2H])c([2H])c([2H])c34)c3c2oc2ccccc23)c([2H])c1[2H]. The van der Waals surface area contributed by atoms with E-state index in [2.05, 4.69) is 0 Å². The van der Waals surface area contributed by atoms with Crippen molar-refractivity contribution in [3.8, 4) is 33.4 Å². The first kappa shape index (κ1) is 14.0. The van der Waals surface area contributed by atoms with Gasteiger partial charge in [0.15, 0.2) is 0 Å². The molecule has 0 atom stereocenters. The minimum atomic E-state index is -0.574. The van der Waals surface area contributed by atoms with E-state index in [-0.39, 0.29) is 61.0 Å². The van der Waals surface area contributed by atoms with Gasteiger partial charge in [-0.1, -0.05) is 145 Å². The Morgan fingerprint density at radius 1 is 0.419 bits per heavy atom. The molecule has 0 aliphatic carbocycles. The van der Waals surface area contributed by atoms with Crippen LogP contribution < -0.4 is 0 Å². The van der Waals surface area contributed by atoms with Crippen LogP contribution in [0.5, 0.6) is 0 Å². The van der Waals surface area contributed by atoms with Crippen LogP contribution in [0.25, 0.3) is 87.6 Å². The van der Waals surface area contributed by atoms with E-state index in [0.29, 0.717) is 32.7 Å². The molecule has 1 aromatic heterocycles. The van der Waals surface area contributed by atoms with Crippen molar-refractivity contribution >= 4 is 54.3 Å². The highest BCUT2D eigenvalue weighted by atomic mass is 16.3.